The van der Waals surface area contributed by atoms with Gasteiger partial charge in [-0.1, -0.05) is 19.3 Å². The predicted molar refractivity (Wildman–Crippen MR) is 117 cm³/mol. The maximum Gasteiger partial charge on any atom is 0.263 e. The molecule has 7 heteroatoms. The van der Waals surface area contributed by atoms with Crippen LogP contribution in [-0.4, -0.2) is 61.8 Å². The first-order valence-corrected chi connectivity index (χ1v) is 10.9. The fourth-order valence-corrected chi connectivity index (χ4v) is 4.48. The van der Waals surface area contributed by atoms with E-state index in [0.29, 0.717) is 23.1 Å². The Bertz CT molecular complexity index is 818. The Balaban J connectivity index is 1.40. The van der Waals surface area contributed by atoms with Crippen molar-refractivity contribution in [1.82, 2.24) is 14.9 Å². The van der Waals surface area contributed by atoms with Gasteiger partial charge in [0.2, 0.25) is 0 Å². The van der Waals surface area contributed by atoms with Crippen molar-refractivity contribution in [3.05, 3.63) is 30.6 Å². The van der Waals surface area contributed by atoms with Gasteiger partial charge in [-0.05, 0) is 30.9 Å². The summed E-state index contributed by atoms with van der Waals surface area (Å²) in [5.74, 6) is 4.13. The fraction of sp³-hybridized carbons (Fsp3) is 0.565. The van der Waals surface area contributed by atoms with Crippen LogP contribution in [0.4, 0.5) is 5.82 Å². The highest BCUT2D eigenvalue weighted by Gasteiger charge is 2.24. The zero-order chi connectivity index (χ0) is 20.8. The van der Waals surface area contributed by atoms with Crippen LogP contribution in [0.2, 0.25) is 0 Å². The molecular formula is C23H32N4O3. The van der Waals surface area contributed by atoms with E-state index in [1.165, 1.54) is 38.6 Å². The van der Waals surface area contributed by atoms with Gasteiger partial charge >= 0.3 is 0 Å². The molecule has 2 fully saturated rings. The summed E-state index contributed by atoms with van der Waals surface area (Å²) in [5, 5.41) is 0. The largest absolute Gasteiger partial charge is 0.493 e. The van der Waals surface area contributed by atoms with Gasteiger partial charge in [0, 0.05) is 51.2 Å². The van der Waals surface area contributed by atoms with Gasteiger partial charge in [-0.3, -0.25) is 4.90 Å². The Morgan fingerprint density at radius 1 is 0.900 bits per heavy atom. The minimum absolute atomic E-state index is 0.519. The van der Waals surface area contributed by atoms with E-state index in [0.717, 1.165) is 37.9 Å². The Labute approximate surface area is 179 Å². The van der Waals surface area contributed by atoms with E-state index in [-0.39, 0.29) is 0 Å². The Hall–Kier alpha value is -2.54. The molecule has 1 saturated heterocycles. The third-order valence-electron chi connectivity index (χ3n) is 6.13. The third kappa shape index (κ3) is 4.95. The van der Waals surface area contributed by atoms with E-state index in [9.17, 15) is 0 Å². The molecule has 2 aromatic rings. The smallest absolute Gasteiger partial charge is 0.263 e. The number of aromatic nitrogens is 2. The van der Waals surface area contributed by atoms with E-state index in [1.54, 1.807) is 32.7 Å². The molecule has 1 saturated carbocycles. The number of rotatable bonds is 7. The fourth-order valence-electron chi connectivity index (χ4n) is 4.48. The number of hydrogen-bond donors (Lipinski definition) is 0. The molecule has 0 radical (unpaired) electrons. The molecule has 0 N–H and O–H groups in total. The van der Waals surface area contributed by atoms with E-state index in [1.807, 2.05) is 12.1 Å². The maximum absolute atomic E-state index is 6.09. The van der Waals surface area contributed by atoms with Gasteiger partial charge in [-0.25, -0.2) is 9.97 Å². The Morgan fingerprint density at radius 3 is 2.37 bits per heavy atom. The summed E-state index contributed by atoms with van der Waals surface area (Å²) in [6, 6.07) is 5.48. The Morgan fingerprint density at radius 2 is 1.63 bits per heavy atom. The third-order valence-corrected chi connectivity index (χ3v) is 6.13. The highest BCUT2D eigenvalue weighted by molar-refractivity contribution is 5.52. The summed E-state index contributed by atoms with van der Waals surface area (Å²) in [5.41, 5.74) is 0. The summed E-state index contributed by atoms with van der Waals surface area (Å²) >= 11 is 0. The molecule has 0 spiro atoms. The molecule has 1 aromatic carbocycles. The van der Waals surface area contributed by atoms with Crippen molar-refractivity contribution in [1.29, 1.82) is 0 Å². The van der Waals surface area contributed by atoms with Crippen molar-refractivity contribution >= 4 is 5.82 Å². The maximum atomic E-state index is 6.09. The lowest BCUT2D eigenvalue weighted by Gasteiger charge is -2.37. The average molecular weight is 413 g/mol. The molecule has 2 aliphatic rings. The van der Waals surface area contributed by atoms with Crippen molar-refractivity contribution in [2.75, 3.05) is 51.8 Å². The zero-order valence-electron chi connectivity index (χ0n) is 18.0. The van der Waals surface area contributed by atoms with Crippen molar-refractivity contribution in [3.8, 4) is 23.1 Å². The van der Waals surface area contributed by atoms with Crippen LogP contribution in [0.3, 0.4) is 0 Å². The average Bonchev–Trinajstić information content (AvgIpc) is 2.80. The number of hydrogen-bond acceptors (Lipinski definition) is 7. The molecule has 1 aromatic heterocycles. The lowest BCUT2D eigenvalue weighted by molar-refractivity contribution is 0.191. The molecule has 0 amide bonds. The number of ether oxygens (including phenoxy) is 3. The topological polar surface area (TPSA) is 60.0 Å². The van der Waals surface area contributed by atoms with Crippen LogP contribution in [0.5, 0.6) is 23.1 Å². The number of piperazine rings is 1. The van der Waals surface area contributed by atoms with E-state index < -0.39 is 0 Å². The second-order valence-electron chi connectivity index (χ2n) is 8.10. The van der Waals surface area contributed by atoms with E-state index in [4.69, 9.17) is 14.2 Å². The molecule has 7 nitrogen and oxygen atoms in total. The minimum atomic E-state index is 0.519. The van der Waals surface area contributed by atoms with Gasteiger partial charge in [0.05, 0.1) is 14.2 Å². The molecule has 1 aliphatic carbocycles. The van der Waals surface area contributed by atoms with Crippen molar-refractivity contribution in [2.24, 2.45) is 5.92 Å². The second-order valence-corrected chi connectivity index (χ2v) is 8.10. The van der Waals surface area contributed by atoms with E-state index >= 15 is 0 Å². The van der Waals surface area contributed by atoms with E-state index in [2.05, 4.69) is 19.8 Å². The first-order chi connectivity index (χ1) is 14.8. The SMILES string of the molecule is COc1ccc(Oc2nccnc2N2CCN(CC3CCCCC3)CC2)cc1OC. The van der Waals surface area contributed by atoms with Crippen molar-refractivity contribution in [3.63, 3.8) is 0 Å². The molecule has 2 heterocycles. The summed E-state index contributed by atoms with van der Waals surface area (Å²) in [6.45, 7) is 5.23. The van der Waals surface area contributed by atoms with Crippen LogP contribution < -0.4 is 19.1 Å². The van der Waals surface area contributed by atoms with Crippen molar-refractivity contribution in [2.45, 2.75) is 32.1 Å². The molecule has 30 heavy (non-hydrogen) atoms. The number of anilines is 1. The molecule has 0 unspecified atom stereocenters. The van der Waals surface area contributed by atoms with Gasteiger partial charge < -0.3 is 19.1 Å². The van der Waals surface area contributed by atoms with Gasteiger partial charge in [0.25, 0.3) is 5.88 Å². The molecule has 1 aliphatic heterocycles. The molecule has 0 bridgehead atoms. The Kier molecular flexibility index (Phi) is 6.89. The quantitative estimate of drug-likeness (QED) is 0.681. The minimum Gasteiger partial charge on any atom is -0.493 e. The number of benzene rings is 1. The van der Waals surface area contributed by atoms with Crippen LogP contribution in [0, 0.1) is 5.92 Å². The lowest BCUT2D eigenvalue weighted by atomic mass is 9.89. The summed E-state index contributed by atoms with van der Waals surface area (Å²) in [4.78, 5) is 13.9. The van der Waals surface area contributed by atoms with Crippen molar-refractivity contribution < 1.29 is 14.2 Å². The highest BCUT2D eigenvalue weighted by Crippen LogP contribution is 2.35. The lowest BCUT2D eigenvalue weighted by Crippen LogP contribution is -2.48. The predicted octanol–water partition coefficient (Wildman–Crippen LogP) is 3.99. The summed E-state index contributed by atoms with van der Waals surface area (Å²) < 4.78 is 16.8. The summed E-state index contributed by atoms with van der Waals surface area (Å²) in [7, 11) is 3.23. The van der Waals surface area contributed by atoms with Gasteiger partial charge in [-0.15, -0.1) is 0 Å². The van der Waals surface area contributed by atoms with Crippen LogP contribution >= 0.6 is 0 Å². The van der Waals surface area contributed by atoms with Crippen LogP contribution in [0.1, 0.15) is 32.1 Å². The molecule has 0 atom stereocenters. The standard InChI is InChI=1S/C23H32N4O3/c1-28-20-9-8-19(16-21(20)29-2)30-23-22(24-10-11-25-23)27-14-12-26(13-15-27)17-18-6-4-3-5-7-18/h8-11,16,18H,3-7,12-15,17H2,1-2H3. The van der Waals surface area contributed by atoms with Crippen LogP contribution in [-0.2, 0) is 0 Å². The zero-order valence-corrected chi connectivity index (χ0v) is 18.0. The number of nitrogens with zero attached hydrogens (tertiary/aromatic N) is 4. The normalized spacial score (nSPS) is 18.3. The second kappa shape index (κ2) is 9.98. The molecule has 4 rings (SSSR count). The van der Waals surface area contributed by atoms with Gasteiger partial charge in [0.15, 0.2) is 17.3 Å². The van der Waals surface area contributed by atoms with Gasteiger partial charge in [0.1, 0.15) is 5.75 Å². The first-order valence-electron chi connectivity index (χ1n) is 10.9. The molecular weight excluding hydrogens is 380 g/mol. The monoisotopic (exact) mass is 412 g/mol. The highest BCUT2D eigenvalue weighted by atomic mass is 16.5. The number of methoxy groups -OCH3 is 2. The van der Waals surface area contributed by atoms with Gasteiger partial charge in [-0.2, -0.15) is 0 Å². The van der Waals surface area contributed by atoms with Crippen LogP contribution in [0.15, 0.2) is 30.6 Å². The molecule has 162 valence electrons. The summed E-state index contributed by atoms with van der Waals surface area (Å²) in [6.07, 6.45) is 10.4. The van der Waals surface area contributed by atoms with Crippen LogP contribution in [0.25, 0.3) is 0 Å². The first kappa shape index (κ1) is 20.7.